The van der Waals surface area contributed by atoms with Crippen molar-refractivity contribution in [1.29, 1.82) is 0 Å². The van der Waals surface area contributed by atoms with Gasteiger partial charge in [0.1, 0.15) is 0 Å². The molecule has 5 heteroatoms. The van der Waals surface area contributed by atoms with Gasteiger partial charge in [0, 0.05) is 19.0 Å². The number of carboxylic acids is 1. The van der Waals surface area contributed by atoms with Gasteiger partial charge in [0.15, 0.2) is 0 Å². The minimum Gasteiger partial charge on any atom is -0.481 e. The van der Waals surface area contributed by atoms with Crippen molar-refractivity contribution in [3.8, 4) is 0 Å². The molecule has 0 aromatic rings. The van der Waals surface area contributed by atoms with Crippen LogP contribution in [0.4, 0.5) is 0 Å². The summed E-state index contributed by atoms with van der Waals surface area (Å²) >= 11 is 0. The summed E-state index contributed by atoms with van der Waals surface area (Å²) in [6.07, 6.45) is 5.05. The summed E-state index contributed by atoms with van der Waals surface area (Å²) in [5.74, 6) is -1.90. The summed E-state index contributed by atoms with van der Waals surface area (Å²) in [5, 5.41) is 18.8. The lowest BCUT2D eigenvalue weighted by atomic mass is 9.82. The Kier molecular flexibility index (Phi) is 4.24. The van der Waals surface area contributed by atoms with Crippen LogP contribution >= 0.6 is 0 Å². The van der Waals surface area contributed by atoms with Crippen LogP contribution in [0, 0.1) is 17.8 Å². The molecule has 0 spiro atoms. The Labute approximate surface area is 112 Å². The molecule has 0 saturated carbocycles. The van der Waals surface area contributed by atoms with Crippen molar-refractivity contribution in [2.75, 3.05) is 13.1 Å². The fraction of sp³-hybridized carbons (Fsp3) is 0.714. The Morgan fingerprint density at radius 2 is 1.89 bits per heavy atom. The monoisotopic (exact) mass is 267 g/mol. The van der Waals surface area contributed by atoms with E-state index in [1.165, 1.54) is 0 Å². The normalized spacial score (nSPS) is 32.3. The van der Waals surface area contributed by atoms with Crippen molar-refractivity contribution in [3.63, 3.8) is 0 Å². The number of hydrogen-bond donors (Lipinski definition) is 2. The van der Waals surface area contributed by atoms with Crippen LogP contribution in [0.3, 0.4) is 0 Å². The number of carboxylic acid groups (broad SMARTS) is 1. The molecule has 19 heavy (non-hydrogen) atoms. The van der Waals surface area contributed by atoms with Gasteiger partial charge >= 0.3 is 5.97 Å². The molecule has 1 aliphatic heterocycles. The van der Waals surface area contributed by atoms with Gasteiger partial charge in [0.25, 0.3) is 0 Å². The molecule has 2 rings (SSSR count). The lowest BCUT2D eigenvalue weighted by molar-refractivity contribution is -0.150. The van der Waals surface area contributed by atoms with Crippen LogP contribution in [0.2, 0.25) is 0 Å². The van der Waals surface area contributed by atoms with Gasteiger partial charge in [-0.3, -0.25) is 9.59 Å². The second kappa shape index (κ2) is 5.74. The summed E-state index contributed by atoms with van der Waals surface area (Å²) in [5.41, 5.74) is 0. The van der Waals surface area contributed by atoms with Crippen LogP contribution < -0.4 is 0 Å². The van der Waals surface area contributed by atoms with Gasteiger partial charge < -0.3 is 15.1 Å². The van der Waals surface area contributed by atoms with E-state index >= 15 is 0 Å². The number of amides is 1. The zero-order chi connectivity index (χ0) is 14.0. The zero-order valence-electron chi connectivity index (χ0n) is 11.2. The maximum atomic E-state index is 12.4. The van der Waals surface area contributed by atoms with E-state index < -0.39 is 23.9 Å². The molecule has 1 fully saturated rings. The lowest BCUT2D eigenvalue weighted by Gasteiger charge is -2.28. The molecule has 2 aliphatic rings. The summed E-state index contributed by atoms with van der Waals surface area (Å²) < 4.78 is 0. The molecule has 0 radical (unpaired) electrons. The highest BCUT2D eigenvalue weighted by Crippen LogP contribution is 2.30. The number of carbonyl (C=O) groups excluding carboxylic acids is 1. The second-order valence-electron chi connectivity index (χ2n) is 5.57. The van der Waals surface area contributed by atoms with Crippen LogP contribution in [0.1, 0.15) is 26.2 Å². The van der Waals surface area contributed by atoms with Gasteiger partial charge in [-0.2, -0.15) is 0 Å². The Hall–Kier alpha value is -1.36. The number of allylic oxidation sites excluding steroid dienone is 2. The Bertz CT molecular complexity index is 391. The fourth-order valence-electron chi connectivity index (χ4n) is 2.98. The van der Waals surface area contributed by atoms with E-state index in [2.05, 4.69) is 0 Å². The first-order valence-electron chi connectivity index (χ1n) is 6.85. The molecule has 1 amide bonds. The third-order valence-corrected chi connectivity index (χ3v) is 4.29. The van der Waals surface area contributed by atoms with Gasteiger partial charge in [0.2, 0.25) is 5.91 Å². The molecule has 0 bridgehead atoms. The van der Waals surface area contributed by atoms with Gasteiger partial charge in [-0.1, -0.05) is 12.2 Å². The molecular formula is C14H21NO4. The van der Waals surface area contributed by atoms with Crippen molar-refractivity contribution in [2.24, 2.45) is 17.8 Å². The standard InChI is InChI=1S/C14H21NO4/c1-9(16)10-6-7-15(8-10)13(17)11-4-2-3-5-12(11)14(18)19/h2-3,9-12,16H,4-8H2,1H3,(H,18,19)/t9?,10?,11-,12+/m1/s1. The van der Waals surface area contributed by atoms with Crippen LogP contribution in [0.15, 0.2) is 12.2 Å². The van der Waals surface area contributed by atoms with Crippen molar-refractivity contribution in [3.05, 3.63) is 12.2 Å². The predicted molar refractivity (Wildman–Crippen MR) is 69.4 cm³/mol. The number of carbonyl (C=O) groups is 2. The SMILES string of the molecule is CC(O)C1CCN(C(=O)[C@@H]2CC=CC[C@@H]2C(=O)O)C1. The topological polar surface area (TPSA) is 77.8 Å². The summed E-state index contributed by atoms with van der Waals surface area (Å²) in [4.78, 5) is 25.4. The molecule has 106 valence electrons. The van der Waals surface area contributed by atoms with Gasteiger partial charge in [0.05, 0.1) is 17.9 Å². The van der Waals surface area contributed by atoms with Crippen LogP contribution in [-0.4, -0.2) is 46.2 Å². The highest BCUT2D eigenvalue weighted by Gasteiger charge is 2.39. The summed E-state index contributed by atoms with van der Waals surface area (Å²) in [7, 11) is 0. The van der Waals surface area contributed by atoms with Crippen molar-refractivity contribution in [2.45, 2.75) is 32.3 Å². The second-order valence-corrected chi connectivity index (χ2v) is 5.57. The van der Waals surface area contributed by atoms with Crippen LogP contribution in [0.25, 0.3) is 0 Å². The Balaban J connectivity index is 2.03. The quantitative estimate of drug-likeness (QED) is 0.744. The highest BCUT2D eigenvalue weighted by atomic mass is 16.4. The van der Waals surface area contributed by atoms with E-state index in [1.807, 2.05) is 12.2 Å². The summed E-state index contributed by atoms with van der Waals surface area (Å²) in [6.45, 7) is 2.91. The van der Waals surface area contributed by atoms with Gasteiger partial charge in [-0.25, -0.2) is 0 Å². The first-order chi connectivity index (χ1) is 9.00. The molecule has 1 heterocycles. The first-order valence-corrected chi connectivity index (χ1v) is 6.85. The number of aliphatic hydroxyl groups is 1. The van der Waals surface area contributed by atoms with Crippen molar-refractivity contribution in [1.82, 2.24) is 4.90 Å². The lowest BCUT2D eigenvalue weighted by Crippen LogP contribution is -2.41. The molecule has 0 aromatic heterocycles. The third kappa shape index (κ3) is 2.97. The fourth-order valence-corrected chi connectivity index (χ4v) is 2.98. The minimum atomic E-state index is -0.894. The van der Waals surface area contributed by atoms with E-state index in [1.54, 1.807) is 11.8 Å². The number of rotatable bonds is 3. The summed E-state index contributed by atoms with van der Waals surface area (Å²) in [6, 6.07) is 0. The number of hydrogen-bond acceptors (Lipinski definition) is 3. The maximum absolute atomic E-state index is 12.4. The van der Waals surface area contributed by atoms with Crippen LogP contribution in [-0.2, 0) is 9.59 Å². The van der Waals surface area contributed by atoms with E-state index in [9.17, 15) is 19.8 Å². The number of aliphatic hydroxyl groups excluding tert-OH is 1. The Morgan fingerprint density at radius 3 is 2.42 bits per heavy atom. The molecule has 5 nitrogen and oxygen atoms in total. The average molecular weight is 267 g/mol. The number of nitrogens with zero attached hydrogens (tertiary/aromatic N) is 1. The average Bonchev–Trinajstić information content (AvgIpc) is 2.87. The number of likely N-dealkylation sites (tertiary alicyclic amines) is 1. The molecule has 4 atom stereocenters. The highest BCUT2D eigenvalue weighted by molar-refractivity contribution is 5.85. The molecular weight excluding hydrogens is 246 g/mol. The minimum absolute atomic E-state index is 0.0695. The van der Waals surface area contributed by atoms with E-state index in [-0.39, 0.29) is 11.8 Å². The van der Waals surface area contributed by atoms with E-state index in [4.69, 9.17) is 0 Å². The largest absolute Gasteiger partial charge is 0.481 e. The molecule has 2 unspecified atom stereocenters. The Morgan fingerprint density at radius 1 is 1.26 bits per heavy atom. The third-order valence-electron chi connectivity index (χ3n) is 4.29. The van der Waals surface area contributed by atoms with Crippen molar-refractivity contribution < 1.29 is 19.8 Å². The zero-order valence-corrected chi connectivity index (χ0v) is 11.2. The van der Waals surface area contributed by atoms with E-state index in [0.717, 1.165) is 6.42 Å². The molecule has 1 saturated heterocycles. The van der Waals surface area contributed by atoms with E-state index in [0.29, 0.717) is 25.9 Å². The maximum Gasteiger partial charge on any atom is 0.307 e. The first kappa shape index (κ1) is 14.1. The van der Waals surface area contributed by atoms with Crippen LogP contribution in [0.5, 0.6) is 0 Å². The molecule has 2 N–H and O–H groups in total. The molecule has 1 aliphatic carbocycles. The van der Waals surface area contributed by atoms with Crippen molar-refractivity contribution >= 4 is 11.9 Å². The predicted octanol–water partition coefficient (Wildman–Crippen LogP) is 0.883. The van der Waals surface area contributed by atoms with Gasteiger partial charge in [-0.05, 0) is 26.2 Å². The number of aliphatic carboxylic acids is 1. The van der Waals surface area contributed by atoms with Gasteiger partial charge in [-0.15, -0.1) is 0 Å². The molecule has 0 aromatic carbocycles. The smallest absolute Gasteiger partial charge is 0.307 e.